The fourth-order valence-corrected chi connectivity index (χ4v) is 3.09. The van der Waals surface area contributed by atoms with Crippen molar-refractivity contribution in [2.24, 2.45) is 0 Å². The summed E-state index contributed by atoms with van der Waals surface area (Å²) < 4.78 is 5.84. The van der Waals surface area contributed by atoms with Crippen molar-refractivity contribution in [3.63, 3.8) is 0 Å². The van der Waals surface area contributed by atoms with Crippen LogP contribution in [0.25, 0.3) is 0 Å². The maximum atomic E-state index is 12.6. The first-order chi connectivity index (χ1) is 12.3. The van der Waals surface area contributed by atoms with E-state index in [0.717, 1.165) is 31.5 Å². The first-order valence-electron chi connectivity index (χ1n) is 9.02. The molecule has 5 heteroatoms. The van der Waals surface area contributed by atoms with E-state index in [1.807, 2.05) is 17.9 Å². The van der Waals surface area contributed by atoms with E-state index in [1.54, 1.807) is 12.4 Å². The number of carbonyl (C=O) groups is 1. The fraction of sp³-hybridized carbons (Fsp3) is 0.450. The molecule has 5 nitrogen and oxygen atoms in total. The summed E-state index contributed by atoms with van der Waals surface area (Å²) in [6.07, 6.45) is 7.21. The highest BCUT2D eigenvalue weighted by Gasteiger charge is 2.25. The first kappa shape index (κ1) is 17.5. The summed E-state index contributed by atoms with van der Waals surface area (Å²) in [5.74, 6) is 0.760. The summed E-state index contributed by atoms with van der Waals surface area (Å²) in [6, 6.07) is 10.5. The zero-order valence-corrected chi connectivity index (χ0v) is 14.7. The van der Waals surface area contributed by atoms with E-state index < -0.39 is 0 Å². The monoisotopic (exact) mass is 339 g/mol. The van der Waals surface area contributed by atoms with Crippen LogP contribution in [0.3, 0.4) is 0 Å². The molecule has 1 aromatic heterocycles. The van der Waals surface area contributed by atoms with Crippen molar-refractivity contribution in [2.45, 2.75) is 38.7 Å². The minimum Gasteiger partial charge on any atom is -0.375 e. The van der Waals surface area contributed by atoms with Gasteiger partial charge in [0.15, 0.2) is 0 Å². The summed E-state index contributed by atoms with van der Waals surface area (Å²) in [6.45, 7) is 3.86. The van der Waals surface area contributed by atoms with Gasteiger partial charge in [-0.1, -0.05) is 37.3 Å². The first-order valence-corrected chi connectivity index (χ1v) is 9.02. The molecule has 2 aromatic rings. The zero-order chi connectivity index (χ0) is 17.5. The molecule has 2 heterocycles. The highest BCUT2D eigenvalue weighted by molar-refractivity contribution is 5.93. The Kier molecular flexibility index (Phi) is 6.12. The molecule has 1 atom stereocenters. The van der Waals surface area contributed by atoms with Crippen molar-refractivity contribution in [2.75, 3.05) is 19.7 Å². The van der Waals surface area contributed by atoms with E-state index in [2.05, 4.69) is 34.2 Å². The van der Waals surface area contributed by atoms with E-state index in [4.69, 9.17) is 4.74 Å². The zero-order valence-electron chi connectivity index (χ0n) is 14.7. The second kappa shape index (κ2) is 8.72. The largest absolute Gasteiger partial charge is 0.375 e. The lowest BCUT2D eigenvalue weighted by Gasteiger charge is -2.33. The second-order valence-corrected chi connectivity index (χ2v) is 6.36. The normalized spacial score (nSPS) is 17.5. The fourth-order valence-electron chi connectivity index (χ4n) is 3.09. The lowest BCUT2D eigenvalue weighted by Crippen LogP contribution is -2.45. The van der Waals surface area contributed by atoms with Crippen molar-refractivity contribution in [3.05, 3.63) is 59.7 Å². The molecule has 1 amide bonds. The summed E-state index contributed by atoms with van der Waals surface area (Å²) >= 11 is 0. The van der Waals surface area contributed by atoms with Crippen LogP contribution in [0, 0.1) is 0 Å². The van der Waals surface area contributed by atoms with E-state index in [9.17, 15) is 4.79 Å². The van der Waals surface area contributed by atoms with Gasteiger partial charge in [-0.25, -0.2) is 9.97 Å². The van der Waals surface area contributed by atoms with Crippen LogP contribution in [0.4, 0.5) is 0 Å². The van der Waals surface area contributed by atoms with E-state index >= 15 is 0 Å². The number of aryl methyl sites for hydroxylation is 2. The van der Waals surface area contributed by atoms with Crippen LogP contribution in [-0.2, 0) is 17.6 Å². The van der Waals surface area contributed by atoms with Crippen molar-refractivity contribution in [1.82, 2.24) is 14.9 Å². The topological polar surface area (TPSA) is 55.3 Å². The summed E-state index contributed by atoms with van der Waals surface area (Å²) in [7, 11) is 0. The Hall–Kier alpha value is -2.27. The van der Waals surface area contributed by atoms with Crippen LogP contribution in [0.15, 0.2) is 42.7 Å². The lowest BCUT2D eigenvalue weighted by atomic mass is 10.0. The Morgan fingerprint density at radius 2 is 2.00 bits per heavy atom. The van der Waals surface area contributed by atoms with Gasteiger partial charge in [0.25, 0.3) is 5.91 Å². The Labute approximate surface area is 149 Å². The minimum absolute atomic E-state index is 0.000914. The SMILES string of the molecule is CCc1ncc(C(=O)N2CCOC(CCCc3ccccc3)C2)cn1. The van der Waals surface area contributed by atoms with Gasteiger partial charge in [-0.2, -0.15) is 0 Å². The van der Waals surface area contributed by atoms with Crippen molar-refractivity contribution in [1.29, 1.82) is 0 Å². The van der Waals surface area contributed by atoms with Gasteiger partial charge in [0.1, 0.15) is 5.82 Å². The number of carbonyl (C=O) groups excluding carboxylic acids is 1. The van der Waals surface area contributed by atoms with Gasteiger partial charge < -0.3 is 9.64 Å². The number of amides is 1. The molecule has 1 fully saturated rings. The van der Waals surface area contributed by atoms with Crippen molar-refractivity contribution in [3.8, 4) is 0 Å². The summed E-state index contributed by atoms with van der Waals surface area (Å²) in [4.78, 5) is 22.9. The molecule has 0 spiro atoms. The van der Waals surface area contributed by atoms with Crippen LogP contribution in [0.2, 0.25) is 0 Å². The Morgan fingerprint density at radius 3 is 2.72 bits per heavy atom. The number of nitrogens with zero attached hydrogens (tertiary/aromatic N) is 3. The van der Waals surface area contributed by atoms with Crippen LogP contribution in [0.5, 0.6) is 0 Å². The average molecular weight is 339 g/mol. The molecule has 1 saturated heterocycles. The Balaban J connectivity index is 1.50. The number of hydrogen-bond acceptors (Lipinski definition) is 4. The van der Waals surface area contributed by atoms with Crippen LogP contribution in [0.1, 0.15) is 41.5 Å². The Bertz CT molecular complexity index is 673. The molecule has 25 heavy (non-hydrogen) atoms. The number of ether oxygens (including phenoxy) is 1. The third-order valence-electron chi connectivity index (χ3n) is 4.53. The third-order valence-corrected chi connectivity index (χ3v) is 4.53. The average Bonchev–Trinajstić information content (AvgIpc) is 2.68. The maximum Gasteiger partial charge on any atom is 0.257 e. The minimum atomic E-state index is -0.000914. The van der Waals surface area contributed by atoms with Gasteiger partial charge in [-0.15, -0.1) is 0 Å². The number of rotatable bonds is 6. The van der Waals surface area contributed by atoms with E-state index in [-0.39, 0.29) is 12.0 Å². The Morgan fingerprint density at radius 1 is 1.24 bits per heavy atom. The maximum absolute atomic E-state index is 12.6. The molecule has 1 aromatic carbocycles. The molecule has 3 rings (SSSR count). The molecule has 1 unspecified atom stereocenters. The van der Waals surface area contributed by atoms with E-state index in [0.29, 0.717) is 25.3 Å². The van der Waals surface area contributed by atoms with Crippen LogP contribution < -0.4 is 0 Å². The third kappa shape index (κ3) is 4.86. The quantitative estimate of drug-likeness (QED) is 0.812. The molecule has 0 aliphatic carbocycles. The van der Waals surface area contributed by atoms with Crippen molar-refractivity contribution >= 4 is 5.91 Å². The predicted octanol–water partition coefficient (Wildman–Crippen LogP) is 2.90. The molecular formula is C20H25N3O2. The molecule has 1 aliphatic heterocycles. The smallest absolute Gasteiger partial charge is 0.257 e. The van der Waals surface area contributed by atoms with Gasteiger partial charge in [0.2, 0.25) is 0 Å². The summed E-state index contributed by atoms with van der Waals surface area (Å²) in [5, 5.41) is 0. The molecule has 132 valence electrons. The van der Waals surface area contributed by atoms with Gasteiger partial charge in [-0.05, 0) is 24.8 Å². The highest BCUT2D eigenvalue weighted by atomic mass is 16.5. The number of morpholine rings is 1. The van der Waals surface area contributed by atoms with Crippen LogP contribution >= 0.6 is 0 Å². The second-order valence-electron chi connectivity index (χ2n) is 6.36. The number of aromatic nitrogens is 2. The molecule has 0 N–H and O–H groups in total. The van der Waals surface area contributed by atoms with Gasteiger partial charge in [0.05, 0.1) is 18.3 Å². The number of hydrogen-bond donors (Lipinski definition) is 0. The van der Waals surface area contributed by atoms with Gasteiger partial charge in [0, 0.05) is 31.9 Å². The highest BCUT2D eigenvalue weighted by Crippen LogP contribution is 2.15. The summed E-state index contributed by atoms with van der Waals surface area (Å²) in [5.41, 5.74) is 1.90. The molecule has 0 saturated carbocycles. The molecular weight excluding hydrogens is 314 g/mol. The van der Waals surface area contributed by atoms with Crippen molar-refractivity contribution < 1.29 is 9.53 Å². The van der Waals surface area contributed by atoms with Crippen LogP contribution in [-0.4, -0.2) is 46.6 Å². The van der Waals surface area contributed by atoms with Gasteiger partial charge >= 0.3 is 0 Å². The van der Waals surface area contributed by atoms with Gasteiger partial charge in [-0.3, -0.25) is 4.79 Å². The predicted molar refractivity (Wildman–Crippen MR) is 96.4 cm³/mol. The number of benzene rings is 1. The lowest BCUT2D eigenvalue weighted by molar-refractivity contribution is -0.0255. The molecule has 0 bridgehead atoms. The standard InChI is InChI=1S/C20H25N3O2/c1-2-19-21-13-17(14-22-19)20(24)23-11-12-25-18(15-23)10-6-9-16-7-4-3-5-8-16/h3-5,7-8,13-14,18H,2,6,9-12,15H2,1H3. The molecule has 0 radical (unpaired) electrons. The molecule has 1 aliphatic rings. The van der Waals surface area contributed by atoms with E-state index in [1.165, 1.54) is 5.56 Å².